The fraction of sp³-hybridized carbons (Fsp3) is 0.267. The Bertz CT molecular complexity index is 4580. The fourth-order valence-electron chi connectivity index (χ4n) is 11.9. The second-order valence-corrected chi connectivity index (χ2v) is 26.5. The molecule has 492 valence electrons. The molecule has 0 saturated carbocycles. The average Bonchev–Trinajstić information content (AvgIpc) is 0.833. The molecule has 0 aliphatic rings. The average molecular weight is 1280 g/mol. The van der Waals surface area contributed by atoms with Crippen LogP contribution in [0.2, 0.25) is 0 Å². The van der Waals surface area contributed by atoms with E-state index in [1.54, 1.807) is 12.1 Å². The fourth-order valence-corrected chi connectivity index (χ4v) is 11.9. The number of rotatable bonds is 6. The molecule has 0 unspecified atom stereocenters. The topological polar surface area (TPSA) is 23.3 Å². The zero-order chi connectivity index (χ0) is 72.7. The van der Waals surface area contributed by atoms with E-state index in [1.165, 1.54) is 145 Å². The summed E-state index contributed by atoms with van der Waals surface area (Å²) < 4.78 is 35.4. The van der Waals surface area contributed by atoms with E-state index in [4.69, 9.17) is 4.11 Å². The lowest BCUT2D eigenvalue weighted by molar-refractivity contribution is -0.667. The maximum atomic E-state index is 7.45. The number of nitrogens with zero attached hydrogens (tertiary/aromatic N) is 6. The summed E-state index contributed by atoms with van der Waals surface area (Å²) >= 11 is 0. The molecule has 6 heterocycles. The van der Waals surface area contributed by atoms with E-state index in [0.29, 0.717) is 5.56 Å². The molecule has 6 nitrogen and oxygen atoms in total. The van der Waals surface area contributed by atoms with Crippen LogP contribution in [-0.2, 0) is 42.3 Å². The van der Waals surface area contributed by atoms with E-state index < -0.39 is 6.85 Å². The van der Waals surface area contributed by atoms with E-state index in [-0.39, 0.29) is 0 Å². The predicted molar refractivity (Wildman–Crippen MR) is 404 cm³/mol. The number of hydrogen-bond acceptors (Lipinski definition) is 0. The van der Waals surface area contributed by atoms with Crippen molar-refractivity contribution in [2.24, 2.45) is 42.3 Å². The first-order chi connectivity index (χ1) is 46.7. The van der Waals surface area contributed by atoms with Crippen LogP contribution in [0.5, 0.6) is 0 Å². The summed E-state index contributed by atoms with van der Waals surface area (Å²) in [6.07, 6.45) is 10.5. The first-order valence-corrected chi connectivity index (χ1v) is 33.5. The van der Waals surface area contributed by atoms with Gasteiger partial charge in [-0.2, -0.15) is 4.57 Å². The Morgan fingerprint density at radius 1 is 0.229 bits per heavy atom. The highest BCUT2D eigenvalue weighted by Crippen LogP contribution is 2.28. The molecule has 0 atom stereocenters. The summed E-state index contributed by atoms with van der Waals surface area (Å²) in [4.78, 5) is 0. The van der Waals surface area contributed by atoms with Crippen molar-refractivity contribution in [2.45, 2.75) is 125 Å². The smallest absolute Gasteiger partial charge is 0.201 e. The molecule has 0 fully saturated rings. The minimum absolute atomic E-state index is 0.393. The van der Waals surface area contributed by atoms with Gasteiger partial charge in [-0.25, -0.2) is 22.8 Å². The molecular formula is C90H108N6+6. The Labute approximate surface area is 582 Å². The largest absolute Gasteiger partial charge is 0.215 e. The molecular weight excluding hydrogens is 1170 g/mol. The molecule has 0 bridgehead atoms. The number of pyridine rings is 6. The molecule has 6 aromatic heterocycles. The van der Waals surface area contributed by atoms with Gasteiger partial charge in [0.2, 0.25) is 34.2 Å². The number of hydrogen-bond donors (Lipinski definition) is 0. The van der Waals surface area contributed by atoms with Gasteiger partial charge < -0.3 is 0 Å². The zero-order valence-corrected chi connectivity index (χ0v) is 62.0. The van der Waals surface area contributed by atoms with Gasteiger partial charge in [0.15, 0.2) is 36.7 Å². The van der Waals surface area contributed by atoms with Crippen LogP contribution in [0, 0.1) is 125 Å². The molecule has 6 heteroatoms. The molecule has 12 rings (SSSR count). The van der Waals surface area contributed by atoms with E-state index in [0.717, 1.165) is 16.8 Å². The van der Waals surface area contributed by atoms with Crippen molar-refractivity contribution in [3.05, 3.63) is 319 Å². The van der Waals surface area contributed by atoms with Crippen molar-refractivity contribution in [1.82, 2.24) is 0 Å². The van der Waals surface area contributed by atoms with Crippen molar-refractivity contribution in [3.8, 4) is 67.5 Å². The van der Waals surface area contributed by atoms with Crippen LogP contribution >= 0.6 is 0 Å². The first-order valence-electron chi connectivity index (χ1n) is 35.0. The number of benzene rings is 6. The summed E-state index contributed by atoms with van der Waals surface area (Å²) in [5.41, 5.74) is 37.6. The molecule has 0 radical (unpaired) electrons. The van der Waals surface area contributed by atoms with Crippen LogP contribution in [0.4, 0.5) is 0 Å². The standard InChI is InChI=1S/6C15H18N/c2*1-11-5-6-14(13(3)9-11)15-10-12(2)7-8-16(15)4;1-11-5-6-13(3)14(9-11)15-10-12(2)7-8-16(15)4;2*1-11-8-9-16(4)15(10-11)14-7-5-6-12(2)13(14)3;1-11-7-5-6-8-14(11)15-12(2)9-10-13(3)16(15)4/h6*5-10H,1-4H3/q6*+1/i1D3;;;;;. The van der Waals surface area contributed by atoms with Gasteiger partial charge in [0.25, 0.3) is 0 Å². The van der Waals surface area contributed by atoms with Crippen LogP contribution in [-0.4, -0.2) is 0 Å². The minimum Gasteiger partial charge on any atom is -0.201 e. The summed E-state index contributed by atoms with van der Waals surface area (Å²) in [6, 6.07) is 66.1. The monoisotopic (exact) mass is 1280 g/mol. The molecule has 0 amide bonds. The van der Waals surface area contributed by atoms with E-state index >= 15 is 0 Å². The molecule has 0 aliphatic heterocycles. The Kier molecular flexibility index (Phi) is 24.1. The number of aryl methyl sites for hydroxylation is 21. The van der Waals surface area contributed by atoms with Gasteiger partial charge in [0.1, 0.15) is 42.3 Å². The SMILES string of the molecule is Cc1cc[n+](C)c(-c2cccc(C)c2C)c1.Cc1cc[n+](C)c(-c2cccc(C)c2C)c1.Cc1ccc(-c2cc(C)cc[n+]2C)c(C)c1.Cc1ccc(C)c(-c2cc(C)cc[n+]2C)c1.Cc1ccccc1-c1c(C)ccc(C)[n+]1C.[2H]C([2H])([2H])c1ccc(-c2cc(C)cc[n+]2C)c(C)c1. The van der Waals surface area contributed by atoms with Crippen LogP contribution in [0.25, 0.3) is 67.5 Å². The Morgan fingerprint density at radius 3 is 0.948 bits per heavy atom. The van der Waals surface area contributed by atoms with Gasteiger partial charge in [0, 0.05) is 117 Å². The number of aromatic nitrogens is 6. The molecule has 0 saturated heterocycles. The van der Waals surface area contributed by atoms with Crippen LogP contribution < -0.4 is 27.4 Å². The van der Waals surface area contributed by atoms with Crippen molar-refractivity contribution >= 4 is 0 Å². The molecule has 6 aromatic carbocycles. The van der Waals surface area contributed by atoms with Gasteiger partial charge in [-0.1, -0.05) is 95.6 Å². The molecule has 0 aliphatic carbocycles. The third-order valence-electron chi connectivity index (χ3n) is 18.3. The third-order valence-corrected chi connectivity index (χ3v) is 18.3. The molecule has 12 aromatic rings. The molecule has 0 N–H and O–H groups in total. The maximum absolute atomic E-state index is 7.45. The van der Waals surface area contributed by atoms with Gasteiger partial charge in [-0.15, -0.1) is 0 Å². The maximum Gasteiger partial charge on any atom is 0.215 e. The van der Waals surface area contributed by atoms with Gasteiger partial charge in [-0.05, 0) is 232 Å². The van der Waals surface area contributed by atoms with E-state index in [9.17, 15) is 0 Å². The highest BCUT2D eigenvalue weighted by molar-refractivity contribution is 5.67. The molecule has 0 spiro atoms. The minimum atomic E-state index is -2.04. The van der Waals surface area contributed by atoms with Crippen LogP contribution in [0.3, 0.4) is 0 Å². The van der Waals surface area contributed by atoms with Crippen molar-refractivity contribution in [2.75, 3.05) is 0 Å². The van der Waals surface area contributed by atoms with Crippen molar-refractivity contribution < 1.29 is 31.5 Å². The highest BCUT2D eigenvalue weighted by atomic mass is 15.0. The Hall–Kier alpha value is -9.78. The third kappa shape index (κ3) is 19.2. The summed E-state index contributed by atoms with van der Waals surface area (Å²) in [6.45, 7) is 34.3. The van der Waals surface area contributed by atoms with E-state index in [2.05, 4.69) is 363 Å². The zero-order valence-electron chi connectivity index (χ0n) is 65.0. The van der Waals surface area contributed by atoms with Crippen LogP contribution in [0.1, 0.15) is 104 Å². The highest BCUT2D eigenvalue weighted by Gasteiger charge is 2.19. The van der Waals surface area contributed by atoms with Gasteiger partial charge in [0.05, 0.1) is 0 Å². The summed E-state index contributed by atoms with van der Waals surface area (Å²) in [7, 11) is 12.5. The lowest BCUT2D eigenvalue weighted by Gasteiger charge is -2.08. The molecule has 96 heavy (non-hydrogen) atoms. The Morgan fingerprint density at radius 2 is 0.542 bits per heavy atom. The van der Waals surface area contributed by atoms with Crippen molar-refractivity contribution in [1.29, 1.82) is 0 Å². The predicted octanol–water partition coefficient (Wildman–Crippen LogP) is 18.6. The van der Waals surface area contributed by atoms with Crippen molar-refractivity contribution in [3.63, 3.8) is 0 Å². The van der Waals surface area contributed by atoms with Gasteiger partial charge >= 0.3 is 0 Å². The summed E-state index contributed by atoms with van der Waals surface area (Å²) in [5.74, 6) is 0. The second-order valence-electron chi connectivity index (χ2n) is 26.5. The quantitative estimate of drug-likeness (QED) is 0.148. The first kappa shape index (κ1) is 69.1. The van der Waals surface area contributed by atoms with E-state index in [1.807, 2.05) is 30.8 Å². The van der Waals surface area contributed by atoms with Crippen LogP contribution in [0.15, 0.2) is 219 Å². The van der Waals surface area contributed by atoms with Gasteiger partial charge in [-0.3, -0.25) is 0 Å². The lowest BCUT2D eigenvalue weighted by Crippen LogP contribution is -2.35. The normalized spacial score (nSPS) is 11.1. The lowest BCUT2D eigenvalue weighted by atomic mass is 9.99. The Balaban J connectivity index is 0.000000167. The second kappa shape index (κ2) is 33.6. The summed E-state index contributed by atoms with van der Waals surface area (Å²) in [5, 5.41) is 0.